The van der Waals surface area contributed by atoms with Crippen molar-refractivity contribution >= 4 is 24.2 Å². The number of amides is 2. The summed E-state index contributed by atoms with van der Waals surface area (Å²) in [6.07, 6.45) is 7.82. The van der Waals surface area contributed by atoms with Crippen LogP contribution in [0.15, 0.2) is 70.9 Å². The molecule has 2 aromatic carbocycles. The summed E-state index contributed by atoms with van der Waals surface area (Å²) in [5, 5.41) is 7.91. The average molecular weight is 393 g/mol. The van der Waals surface area contributed by atoms with Crippen molar-refractivity contribution in [3.63, 3.8) is 0 Å². The van der Waals surface area contributed by atoms with Crippen molar-refractivity contribution in [2.45, 2.75) is 44.9 Å². The molecule has 29 heavy (non-hydrogen) atoms. The summed E-state index contributed by atoms with van der Waals surface area (Å²) in [4.78, 5) is 23.4. The molecule has 6 heteroatoms. The van der Waals surface area contributed by atoms with Crippen LogP contribution in [-0.2, 0) is 22.4 Å². The van der Waals surface area contributed by atoms with Gasteiger partial charge in [-0.05, 0) is 24.0 Å². The molecule has 0 saturated heterocycles. The first kappa shape index (κ1) is 22.0. The van der Waals surface area contributed by atoms with Crippen LogP contribution in [0.3, 0.4) is 0 Å². The maximum absolute atomic E-state index is 11.7. The molecule has 0 radical (unpaired) electrons. The highest BCUT2D eigenvalue weighted by Crippen LogP contribution is 2.03. The number of hydrazone groups is 2. The first-order valence-corrected chi connectivity index (χ1v) is 9.92. The fourth-order valence-electron chi connectivity index (χ4n) is 2.63. The largest absolute Gasteiger partial charge is 0.273 e. The van der Waals surface area contributed by atoms with Crippen LogP contribution < -0.4 is 10.9 Å². The van der Waals surface area contributed by atoms with Crippen LogP contribution in [-0.4, -0.2) is 24.2 Å². The van der Waals surface area contributed by atoms with Gasteiger partial charge in [-0.2, -0.15) is 10.2 Å². The summed E-state index contributed by atoms with van der Waals surface area (Å²) in [6.45, 7) is 0. The third kappa shape index (κ3) is 10.6. The van der Waals surface area contributed by atoms with E-state index in [1.807, 2.05) is 60.7 Å². The summed E-state index contributed by atoms with van der Waals surface area (Å²) in [6, 6.07) is 19.9. The zero-order valence-electron chi connectivity index (χ0n) is 16.6. The molecule has 152 valence electrons. The zero-order chi connectivity index (χ0) is 20.6. The molecule has 0 spiro atoms. The van der Waals surface area contributed by atoms with Gasteiger partial charge in [0.2, 0.25) is 11.8 Å². The van der Waals surface area contributed by atoms with Gasteiger partial charge >= 0.3 is 0 Å². The lowest BCUT2D eigenvalue weighted by Gasteiger charge is -2.01. The summed E-state index contributed by atoms with van der Waals surface area (Å²) in [7, 11) is 0. The molecule has 0 atom stereocenters. The van der Waals surface area contributed by atoms with E-state index < -0.39 is 0 Å². The maximum Gasteiger partial charge on any atom is 0.240 e. The lowest BCUT2D eigenvalue weighted by Crippen LogP contribution is -2.18. The fraction of sp³-hybridized carbons (Fsp3) is 0.304. The summed E-state index contributed by atoms with van der Waals surface area (Å²) >= 11 is 0. The second kappa shape index (κ2) is 13.8. The van der Waals surface area contributed by atoms with Gasteiger partial charge in [0, 0.05) is 38.1 Å². The Kier molecular flexibility index (Phi) is 10.5. The Morgan fingerprint density at radius 1 is 0.655 bits per heavy atom. The highest BCUT2D eigenvalue weighted by atomic mass is 16.2. The second-order valence-electron chi connectivity index (χ2n) is 6.63. The summed E-state index contributed by atoms with van der Waals surface area (Å²) in [5.74, 6) is -0.214. The molecular formula is C23H28N4O2. The van der Waals surface area contributed by atoms with Gasteiger partial charge in [-0.15, -0.1) is 0 Å². The van der Waals surface area contributed by atoms with Crippen molar-refractivity contribution in [3.8, 4) is 0 Å². The number of unbranched alkanes of at least 4 members (excludes halogenated alkanes) is 2. The number of nitrogens with zero attached hydrogens (tertiary/aromatic N) is 2. The molecular weight excluding hydrogens is 364 g/mol. The highest BCUT2D eigenvalue weighted by molar-refractivity contribution is 5.77. The van der Waals surface area contributed by atoms with E-state index in [4.69, 9.17) is 0 Å². The predicted octanol–water partition coefficient (Wildman–Crippen LogP) is 3.63. The van der Waals surface area contributed by atoms with E-state index in [2.05, 4.69) is 21.1 Å². The van der Waals surface area contributed by atoms with Crippen LogP contribution in [0.2, 0.25) is 0 Å². The maximum atomic E-state index is 11.7. The van der Waals surface area contributed by atoms with Crippen molar-refractivity contribution in [2.75, 3.05) is 0 Å². The molecule has 0 saturated carbocycles. The van der Waals surface area contributed by atoms with E-state index in [1.54, 1.807) is 12.4 Å². The molecule has 2 rings (SSSR count). The molecule has 0 heterocycles. The Labute approximate surface area is 172 Å². The van der Waals surface area contributed by atoms with E-state index in [0.717, 1.165) is 30.4 Å². The Morgan fingerprint density at radius 2 is 1.07 bits per heavy atom. The summed E-state index contributed by atoms with van der Waals surface area (Å²) < 4.78 is 0. The Hall–Kier alpha value is -3.28. The minimum atomic E-state index is -0.107. The highest BCUT2D eigenvalue weighted by Gasteiger charge is 2.02. The van der Waals surface area contributed by atoms with Gasteiger partial charge in [0.05, 0.1) is 0 Å². The van der Waals surface area contributed by atoms with E-state index in [0.29, 0.717) is 25.7 Å². The van der Waals surface area contributed by atoms with Gasteiger partial charge in [0.1, 0.15) is 0 Å². The van der Waals surface area contributed by atoms with E-state index in [1.165, 1.54) is 0 Å². The van der Waals surface area contributed by atoms with Crippen molar-refractivity contribution in [1.82, 2.24) is 10.9 Å². The van der Waals surface area contributed by atoms with Crippen LogP contribution in [0.25, 0.3) is 0 Å². The van der Waals surface area contributed by atoms with Crippen LogP contribution in [0.5, 0.6) is 0 Å². The van der Waals surface area contributed by atoms with Crippen LogP contribution in [0, 0.1) is 0 Å². The molecule has 2 N–H and O–H groups in total. The predicted molar refractivity (Wildman–Crippen MR) is 117 cm³/mol. The molecule has 2 amide bonds. The van der Waals surface area contributed by atoms with Crippen LogP contribution in [0.4, 0.5) is 0 Å². The van der Waals surface area contributed by atoms with Gasteiger partial charge in [-0.25, -0.2) is 10.9 Å². The Balaban J connectivity index is 1.46. The van der Waals surface area contributed by atoms with Gasteiger partial charge in [-0.1, -0.05) is 67.1 Å². The van der Waals surface area contributed by atoms with Crippen LogP contribution in [0.1, 0.15) is 43.2 Å². The molecule has 0 aliphatic rings. The topological polar surface area (TPSA) is 82.9 Å². The minimum absolute atomic E-state index is 0.107. The number of carbonyl (C=O) groups excluding carboxylic acids is 2. The molecule has 2 aromatic rings. The van der Waals surface area contributed by atoms with Gasteiger partial charge < -0.3 is 0 Å². The first-order chi connectivity index (χ1) is 14.2. The molecule has 0 fully saturated rings. The van der Waals surface area contributed by atoms with Crippen molar-refractivity contribution in [2.24, 2.45) is 10.2 Å². The van der Waals surface area contributed by atoms with E-state index >= 15 is 0 Å². The molecule has 6 nitrogen and oxygen atoms in total. The standard InChI is InChI=1S/C23H28N4O2/c28-22(26-24-18-16-20-10-4-1-5-11-20)14-8-3-9-15-23(29)27-25-19-17-21-12-6-2-7-13-21/h1-2,4-7,10-13,18-19H,3,8-9,14-17H2,(H,26,28)(H,27,29). The number of hydrogen-bond acceptors (Lipinski definition) is 4. The smallest absolute Gasteiger partial charge is 0.240 e. The van der Waals surface area contributed by atoms with Crippen molar-refractivity contribution in [1.29, 1.82) is 0 Å². The van der Waals surface area contributed by atoms with Crippen molar-refractivity contribution in [3.05, 3.63) is 71.8 Å². The zero-order valence-corrected chi connectivity index (χ0v) is 16.6. The fourth-order valence-corrected chi connectivity index (χ4v) is 2.63. The summed E-state index contributed by atoms with van der Waals surface area (Å²) in [5.41, 5.74) is 7.36. The Morgan fingerprint density at radius 3 is 1.48 bits per heavy atom. The van der Waals surface area contributed by atoms with Gasteiger partial charge in [0.15, 0.2) is 0 Å². The molecule has 0 bridgehead atoms. The number of benzene rings is 2. The quantitative estimate of drug-likeness (QED) is 0.328. The second-order valence-corrected chi connectivity index (χ2v) is 6.63. The number of hydrogen-bond donors (Lipinski definition) is 2. The number of nitrogens with one attached hydrogen (secondary N) is 2. The normalized spacial score (nSPS) is 11.0. The Bertz CT molecular complexity index is 722. The van der Waals surface area contributed by atoms with Gasteiger partial charge in [0.25, 0.3) is 0 Å². The molecule has 0 aliphatic carbocycles. The number of rotatable bonds is 12. The molecule has 0 unspecified atom stereocenters. The SMILES string of the molecule is O=C(CCCCCC(=O)NN=CCc1ccccc1)NN=CCc1ccccc1. The molecule has 0 aliphatic heterocycles. The van der Waals surface area contributed by atoms with E-state index in [9.17, 15) is 9.59 Å². The lowest BCUT2D eigenvalue weighted by atomic mass is 10.1. The van der Waals surface area contributed by atoms with Crippen molar-refractivity contribution < 1.29 is 9.59 Å². The van der Waals surface area contributed by atoms with Gasteiger partial charge in [-0.3, -0.25) is 9.59 Å². The monoisotopic (exact) mass is 392 g/mol. The minimum Gasteiger partial charge on any atom is -0.273 e. The third-order valence-electron chi connectivity index (χ3n) is 4.21. The van der Waals surface area contributed by atoms with Crippen LogP contribution >= 0.6 is 0 Å². The average Bonchev–Trinajstić information content (AvgIpc) is 2.75. The third-order valence-corrected chi connectivity index (χ3v) is 4.21. The first-order valence-electron chi connectivity index (χ1n) is 9.92. The number of carbonyl (C=O) groups is 2. The van der Waals surface area contributed by atoms with E-state index in [-0.39, 0.29) is 11.8 Å². The lowest BCUT2D eigenvalue weighted by molar-refractivity contribution is -0.121. The molecule has 0 aromatic heterocycles.